The smallest absolute Gasteiger partial charge is 0.0716 e. The number of aromatic nitrogens is 1. The van der Waals surface area contributed by atoms with Crippen molar-refractivity contribution in [2.75, 3.05) is 0 Å². The van der Waals surface area contributed by atoms with Crippen molar-refractivity contribution in [3.8, 4) is 0 Å². The summed E-state index contributed by atoms with van der Waals surface area (Å²) >= 11 is 3.45. The van der Waals surface area contributed by atoms with Gasteiger partial charge in [0.2, 0.25) is 0 Å². The Morgan fingerprint density at radius 3 is 2.79 bits per heavy atom. The van der Waals surface area contributed by atoms with E-state index in [1.165, 1.54) is 10.9 Å². The molecule has 0 N–H and O–H groups in total. The first-order valence-electron chi connectivity index (χ1n) is 4.76. The molecule has 1 aromatic carbocycles. The van der Waals surface area contributed by atoms with Gasteiger partial charge in [-0.25, -0.2) is 0 Å². The van der Waals surface area contributed by atoms with Crippen molar-refractivity contribution in [1.82, 2.24) is 4.98 Å². The van der Waals surface area contributed by atoms with Crippen molar-refractivity contribution in [1.29, 1.82) is 0 Å². The zero-order chi connectivity index (χ0) is 10.1. The van der Waals surface area contributed by atoms with Gasteiger partial charge >= 0.3 is 0 Å². The Kier molecular flexibility index (Phi) is 2.55. The average molecular weight is 250 g/mol. The van der Waals surface area contributed by atoms with Crippen LogP contribution in [0.2, 0.25) is 0 Å². The van der Waals surface area contributed by atoms with Crippen molar-refractivity contribution >= 4 is 26.8 Å². The minimum Gasteiger partial charge on any atom is -0.253 e. The molecule has 0 unspecified atom stereocenters. The van der Waals surface area contributed by atoms with Crippen LogP contribution in [0, 0.1) is 6.92 Å². The van der Waals surface area contributed by atoms with Gasteiger partial charge in [0, 0.05) is 15.6 Å². The summed E-state index contributed by atoms with van der Waals surface area (Å²) < 4.78 is 1.08. The molecule has 14 heavy (non-hydrogen) atoms. The number of benzene rings is 1. The van der Waals surface area contributed by atoms with Crippen LogP contribution in [-0.4, -0.2) is 4.98 Å². The van der Waals surface area contributed by atoms with E-state index >= 15 is 0 Å². The average Bonchev–Trinajstić information content (AvgIpc) is 2.16. The Labute approximate surface area is 92.3 Å². The third kappa shape index (κ3) is 1.67. The fourth-order valence-corrected chi connectivity index (χ4v) is 1.99. The van der Waals surface area contributed by atoms with Crippen LogP contribution in [0.15, 0.2) is 28.7 Å². The fourth-order valence-electron chi connectivity index (χ4n) is 1.64. The number of aryl methyl sites for hydroxylation is 2. The molecule has 0 aliphatic carbocycles. The maximum Gasteiger partial charge on any atom is 0.0716 e. The van der Waals surface area contributed by atoms with E-state index in [2.05, 4.69) is 59.0 Å². The molecule has 0 bridgehead atoms. The summed E-state index contributed by atoms with van der Waals surface area (Å²) in [4.78, 5) is 4.58. The van der Waals surface area contributed by atoms with E-state index < -0.39 is 0 Å². The second-order valence-electron chi connectivity index (χ2n) is 3.42. The van der Waals surface area contributed by atoms with Crippen molar-refractivity contribution in [3.05, 3.63) is 40.0 Å². The lowest BCUT2D eigenvalue weighted by Crippen LogP contribution is -1.91. The van der Waals surface area contributed by atoms with Gasteiger partial charge in [0.1, 0.15) is 0 Å². The van der Waals surface area contributed by atoms with E-state index in [4.69, 9.17) is 0 Å². The number of nitrogens with zero attached hydrogens (tertiary/aromatic N) is 1. The zero-order valence-corrected chi connectivity index (χ0v) is 9.93. The minimum atomic E-state index is 1.05. The van der Waals surface area contributed by atoms with E-state index in [-0.39, 0.29) is 0 Å². The first-order chi connectivity index (χ1) is 6.70. The fraction of sp³-hybridized carbons (Fsp3) is 0.250. The molecule has 0 amide bonds. The van der Waals surface area contributed by atoms with Gasteiger partial charge in [-0.1, -0.05) is 28.9 Å². The first-order valence-corrected chi connectivity index (χ1v) is 5.56. The lowest BCUT2D eigenvalue weighted by atomic mass is 10.1. The molecular formula is C12H12BrN. The molecule has 0 aliphatic heterocycles. The summed E-state index contributed by atoms with van der Waals surface area (Å²) in [5.74, 6) is 0. The Balaban J connectivity index is 2.73. The number of fused-ring (bicyclic) bond motifs is 1. The molecule has 0 aliphatic rings. The van der Waals surface area contributed by atoms with Crippen LogP contribution in [0.3, 0.4) is 0 Å². The monoisotopic (exact) mass is 249 g/mol. The summed E-state index contributed by atoms with van der Waals surface area (Å²) in [5.41, 5.74) is 3.53. The molecule has 0 saturated carbocycles. The molecule has 0 fully saturated rings. The molecule has 0 atom stereocenters. The Morgan fingerprint density at radius 1 is 1.29 bits per heavy atom. The van der Waals surface area contributed by atoms with Crippen LogP contribution in [0.5, 0.6) is 0 Å². The van der Waals surface area contributed by atoms with Gasteiger partial charge in [-0.3, -0.25) is 4.98 Å². The second-order valence-corrected chi connectivity index (χ2v) is 4.34. The summed E-state index contributed by atoms with van der Waals surface area (Å²) in [6, 6.07) is 8.44. The summed E-state index contributed by atoms with van der Waals surface area (Å²) in [7, 11) is 0. The second kappa shape index (κ2) is 3.70. The highest BCUT2D eigenvalue weighted by Gasteiger charge is 2.01. The standard InChI is InChI=1S/C12H12BrN/c1-3-9-6-10-4-5-11(13)7-12(10)14-8(9)2/h4-7H,3H2,1-2H3. The van der Waals surface area contributed by atoms with Crippen molar-refractivity contribution < 1.29 is 0 Å². The highest BCUT2D eigenvalue weighted by molar-refractivity contribution is 9.10. The highest BCUT2D eigenvalue weighted by Crippen LogP contribution is 2.20. The van der Waals surface area contributed by atoms with E-state index in [1.807, 2.05) is 0 Å². The molecule has 72 valence electrons. The third-order valence-corrected chi connectivity index (χ3v) is 2.95. The molecule has 1 aromatic heterocycles. The number of pyridine rings is 1. The predicted octanol–water partition coefficient (Wildman–Crippen LogP) is 3.87. The third-order valence-electron chi connectivity index (χ3n) is 2.46. The summed E-state index contributed by atoms with van der Waals surface area (Å²) in [6.07, 6.45) is 1.05. The molecule has 0 spiro atoms. The number of rotatable bonds is 1. The molecule has 0 radical (unpaired) electrons. The van der Waals surface area contributed by atoms with E-state index in [9.17, 15) is 0 Å². The first kappa shape index (κ1) is 9.66. The number of hydrogen-bond donors (Lipinski definition) is 0. The SMILES string of the molecule is CCc1cc2ccc(Br)cc2nc1C. The summed E-state index contributed by atoms with van der Waals surface area (Å²) in [5, 5.41) is 1.22. The molecule has 2 aromatic rings. The van der Waals surface area contributed by atoms with Crippen molar-refractivity contribution in [2.45, 2.75) is 20.3 Å². The molecule has 1 heterocycles. The van der Waals surface area contributed by atoms with Crippen molar-refractivity contribution in [3.63, 3.8) is 0 Å². The summed E-state index contributed by atoms with van der Waals surface area (Å²) in [6.45, 7) is 4.23. The Morgan fingerprint density at radius 2 is 2.07 bits per heavy atom. The zero-order valence-electron chi connectivity index (χ0n) is 8.34. The topological polar surface area (TPSA) is 12.9 Å². The van der Waals surface area contributed by atoms with Crippen LogP contribution in [0.25, 0.3) is 10.9 Å². The van der Waals surface area contributed by atoms with Gasteiger partial charge in [-0.15, -0.1) is 0 Å². The quantitative estimate of drug-likeness (QED) is 0.748. The van der Waals surface area contributed by atoms with Gasteiger partial charge in [-0.05, 0) is 37.1 Å². The maximum atomic E-state index is 4.58. The van der Waals surface area contributed by atoms with Crippen LogP contribution in [-0.2, 0) is 6.42 Å². The van der Waals surface area contributed by atoms with Gasteiger partial charge in [0.25, 0.3) is 0 Å². The molecule has 1 nitrogen and oxygen atoms in total. The van der Waals surface area contributed by atoms with Gasteiger partial charge in [0.15, 0.2) is 0 Å². The molecular weight excluding hydrogens is 238 g/mol. The maximum absolute atomic E-state index is 4.58. The van der Waals surface area contributed by atoms with E-state index in [0.717, 1.165) is 22.1 Å². The van der Waals surface area contributed by atoms with E-state index in [1.54, 1.807) is 0 Å². The number of halogens is 1. The lowest BCUT2D eigenvalue weighted by molar-refractivity contribution is 1.07. The Hall–Kier alpha value is -0.890. The van der Waals surface area contributed by atoms with Crippen molar-refractivity contribution in [2.24, 2.45) is 0 Å². The van der Waals surface area contributed by atoms with Crippen LogP contribution >= 0.6 is 15.9 Å². The van der Waals surface area contributed by atoms with E-state index in [0.29, 0.717) is 0 Å². The van der Waals surface area contributed by atoms with Gasteiger partial charge < -0.3 is 0 Å². The molecule has 0 saturated heterocycles. The minimum absolute atomic E-state index is 1.05. The largest absolute Gasteiger partial charge is 0.253 e. The van der Waals surface area contributed by atoms with Gasteiger partial charge in [0.05, 0.1) is 5.52 Å². The highest BCUT2D eigenvalue weighted by atomic mass is 79.9. The molecule has 2 rings (SSSR count). The normalized spacial score (nSPS) is 10.8. The molecule has 2 heteroatoms. The van der Waals surface area contributed by atoms with Crippen LogP contribution in [0.4, 0.5) is 0 Å². The van der Waals surface area contributed by atoms with Crippen LogP contribution in [0.1, 0.15) is 18.2 Å². The Bertz CT molecular complexity index is 477. The van der Waals surface area contributed by atoms with Crippen LogP contribution < -0.4 is 0 Å². The number of hydrogen-bond acceptors (Lipinski definition) is 1. The predicted molar refractivity (Wildman–Crippen MR) is 63.6 cm³/mol. The van der Waals surface area contributed by atoms with Gasteiger partial charge in [-0.2, -0.15) is 0 Å². The lowest BCUT2D eigenvalue weighted by Gasteiger charge is -2.05.